The molecule has 1 unspecified atom stereocenters. The Balaban J connectivity index is 2.69. The van der Waals surface area contributed by atoms with Crippen molar-refractivity contribution in [1.29, 1.82) is 0 Å². The summed E-state index contributed by atoms with van der Waals surface area (Å²) in [5, 5.41) is 5.54. The van der Waals surface area contributed by atoms with Gasteiger partial charge in [-0.15, -0.1) is 11.3 Å². The molecule has 0 fully saturated rings. The van der Waals surface area contributed by atoms with Gasteiger partial charge in [0.2, 0.25) is 0 Å². The summed E-state index contributed by atoms with van der Waals surface area (Å²) in [5.41, 5.74) is 1.35. The second kappa shape index (κ2) is 5.37. The molecule has 74 valence electrons. The molecule has 1 aromatic heterocycles. The van der Waals surface area contributed by atoms with Crippen LogP contribution in [0.15, 0.2) is 11.4 Å². The smallest absolute Gasteiger partial charge is 0.0665 e. The van der Waals surface area contributed by atoms with Gasteiger partial charge in [-0.3, -0.25) is 0 Å². The van der Waals surface area contributed by atoms with Gasteiger partial charge in [-0.2, -0.15) is 0 Å². The van der Waals surface area contributed by atoms with E-state index in [1.165, 1.54) is 10.4 Å². The number of aryl methyl sites for hydroxylation is 1. The molecule has 0 bridgehead atoms. The minimum absolute atomic E-state index is 0.356. The molecular weight excluding hydrogens is 182 g/mol. The van der Waals surface area contributed by atoms with E-state index < -0.39 is 0 Å². The Hall–Kier alpha value is -0.380. The zero-order valence-corrected chi connectivity index (χ0v) is 9.28. The molecule has 1 N–H and O–H groups in total. The first-order valence-electron chi connectivity index (χ1n) is 4.56. The van der Waals surface area contributed by atoms with Crippen LogP contribution in [0.3, 0.4) is 0 Å². The highest BCUT2D eigenvalue weighted by Crippen LogP contribution is 2.23. The van der Waals surface area contributed by atoms with Crippen molar-refractivity contribution < 1.29 is 4.74 Å². The lowest BCUT2D eigenvalue weighted by Crippen LogP contribution is -2.24. The largest absolute Gasteiger partial charge is 0.383 e. The Morgan fingerprint density at radius 1 is 1.62 bits per heavy atom. The summed E-state index contributed by atoms with van der Waals surface area (Å²) in [5.74, 6) is 0. The van der Waals surface area contributed by atoms with Crippen molar-refractivity contribution in [3.63, 3.8) is 0 Å². The van der Waals surface area contributed by atoms with Gasteiger partial charge in [-0.05, 0) is 30.5 Å². The number of ether oxygens (including phenoxy) is 1. The Morgan fingerprint density at radius 3 is 2.85 bits per heavy atom. The summed E-state index contributed by atoms with van der Waals surface area (Å²) in [7, 11) is 1.74. The van der Waals surface area contributed by atoms with E-state index in [0.717, 1.165) is 13.2 Å². The predicted molar refractivity (Wildman–Crippen MR) is 57.3 cm³/mol. The van der Waals surface area contributed by atoms with E-state index in [1.807, 2.05) is 0 Å². The first-order valence-corrected chi connectivity index (χ1v) is 5.43. The summed E-state index contributed by atoms with van der Waals surface area (Å²) in [6.07, 6.45) is 0. The monoisotopic (exact) mass is 199 g/mol. The molecule has 0 aliphatic carbocycles. The molecular formula is C10H17NOS. The molecule has 1 aromatic rings. The van der Waals surface area contributed by atoms with Gasteiger partial charge in [0, 0.05) is 12.0 Å². The van der Waals surface area contributed by atoms with Crippen LogP contribution in [0, 0.1) is 6.92 Å². The number of methoxy groups -OCH3 is 1. The molecule has 3 heteroatoms. The summed E-state index contributed by atoms with van der Waals surface area (Å²) in [6.45, 7) is 5.98. The maximum Gasteiger partial charge on any atom is 0.0665 e. The molecule has 0 radical (unpaired) electrons. The standard InChI is InChI=1S/C10H17NOS/c1-4-11-9(7-12-3)10-8(2)5-6-13-10/h5-6,9,11H,4,7H2,1-3H3. The van der Waals surface area contributed by atoms with Crippen LogP contribution in [0.2, 0.25) is 0 Å². The lowest BCUT2D eigenvalue weighted by atomic mass is 10.2. The Morgan fingerprint density at radius 2 is 2.38 bits per heavy atom. The zero-order chi connectivity index (χ0) is 9.68. The SMILES string of the molecule is CCNC(COC)c1sccc1C. The van der Waals surface area contributed by atoms with Gasteiger partial charge in [-0.1, -0.05) is 6.92 Å². The first-order chi connectivity index (χ1) is 6.29. The van der Waals surface area contributed by atoms with Crippen molar-refractivity contribution in [1.82, 2.24) is 5.32 Å². The second-order valence-corrected chi connectivity index (χ2v) is 3.98. The maximum absolute atomic E-state index is 5.18. The van der Waals surface area contributed by atoms with Crippen molar-refractivity contribution in [2.24, 2.45) is 0 Å². The van der Waals surface area contributed by atoms with E-state index in [2.05, 4.69) is 30.6 Å². The summed E-state index contributed by atoms with van der Waals surface area (Å²) >= 11 is 1.80. The van der Waals surface area contributed by atoms with E-state index in [0.29, 0.717) is 6.04 Å². The van der Waals surface area contributed by atoms with Crippen LogP contribution < -0.4 is 5.32 Å². The van der Waals surface area contributed by atoms with E-state index in [4.69, 9.17) is 4.74 Å². The molecule has 0 aliphatic heterocycles. The first kappa shape index (κ1) is 10.7. The fourth-order valence-corrected chi connectivity index (χ4v) is 2.37. The van der Waals surface area contributed by atoms with Crippen LogP contribution in [0.25, 0.3) is 0 Å². The number of nitrogens with one attached hydrogen (secondary N) is 1. The van der Waals surface area contributed by atoms with Crippen LogP contribution in [0.1, 0.15) is 23.4 Å². The highest BCUT2D eigenvalue weighted by atomic mass is 32.1. The molecule has 1 rings (SSSR count). The number of likely N-dealkylation sites (N-methyl/N-ethyl adjacent to an activating group) is 1. The third-order valence-corrected chi connectivity index (χ3v) is 3.13. The highest BCUT2D eigenvalue weighted by Gasteiger charge is 2.12. The van der Waals surface area contributed by atoms with Crippen LogP contribution in [0.4, 0.5) is 0 Å². The van der Waals surface area contributed by atoms with E-state index >= 15 is 0 Å². The number of thiophene rings is 1. The molecule has 0 amide bonds. The maximum atomic E-state index is 5.18. The second-order valence-electron chi connectivity index (χ2n) is 3.03. The van der Waals surface area contributed by atoms with Gasteiger partial charge in [0.05, 0.1) is 12.6 Å². The average molecular weight is 199 g/mol. The molecule has 0 spiro atoms. The minimum Gasteiger partial charge on any atom is -0.383 e. The van der Waals surface area contributed by atoms with Crippen molar-refractivity contribution in [3.8, 4) is 0 Å². The average Bonchev–Trinajstić information content (AvgIpc) is 2.51. The molecule has 1 heterocycles. The number of rotatable bonds is 5. The van der Waals surface area contributed by atoms with Gasteiger partial charge in [0.1, 0.15) is 0 Å². The van der Waals surface area contributed by atoms with Crippen molar-refractivity contribution >= 4 is 11.3 Å². The lowest BCUT2D eigenvalue weighted by Gasteiger charge is -2.16. The van der Waals surface area contributed by atoms with Gasteiger partial charge >= 0.3 is 0 Å². The number of hydrogen-bond acceptors (Lipinski definition) is 3. The van der Waals surface area contributed by atoms with E-state index in [1.54, 1.807) is 18.4 Å². The fourth-order valence-electron chi connectivity index (χ4n) is 1.38. The van der Waals surface area contributed by atoms with Crippen LogP contribution in [-0.2, 0) is 4.74 Å². The topological polar surface area (TPSA) is 21.3 Å². The van der Waals surface area contributed by atoms with Gasteiger partial charge in [0.15, 0.2) is 0 Å². The Kier molecular flexibility index (Phi) is 4.42. The molecule has 0 saturated carbocycles. The third-order valence-electron chi connectivity index (χ3n) is 2.00. The van der Waals surface area contributed by atoms with Crippen molar-refractivity contribution in [2.75, 3.05) is 20.3 Å². The lowest BCUT2D eigenvalue weighted by molar-refractivity contribution is 0.169. The van der Waals surface area contributed by atoms with Gasteiger partial charge < -0.3 is 10.1 Å². The molecule has 2 nitrogen and oxygen atoms in total. The molecule has 0 aromatic carbocycles. The van der Waals surface area contributed by atoms with Crippen LogP contribution in [-0.4, -0.2) is 20.3 Å². The Bertz CT molecular complexity index is 241. The predicted octanol–water partition coefficient (Wildman–Crippen LogP) is 2.35. The van der Waals surface area contributed by atoms with E-state index in [-0.39, 0.29) is 0 Å². The molecule has 13 heavy (non-hydrogen) atoms. The summed E-state index contributed by atoms with van der Waals surface area (Å²) in [6, 6.07) is 2.51. The fraction of sp³-hybridized carbons (Fsp3) is 0.600. The quantitative estimate of drug-likeness (QED) is 0.786. The third kappa shape index (κ3) is 2.79. The molecule has 0 saturated heterocycles. The molecule has 1 atom stereocenters. The van der Waals surface area contributed by atoms with Gasteiger partial charge in [-0.25, -0.2) is 0 Å². The van der Waals surface area contributed by atoms with Crippen molar-refractivity contribution in [2.45, 2.75) is 19.9 Å². The number of hydrogen-bond donors (Lipinski definition) is 1. The summed E-state index contributed by atoms with van der Waals surface area (Å²) < 4.78 is 5.18. The van der Waals surface area contributed by atoms with Crippen LogP contribution >= 0.6 is 11.3 Å². The zero-order valence-electron chi connectivity index (χ0n) is 8.46. The highest BCUT2D eigenvalue weighted by molar-refractivity contribution is 7.10. The van der Waals surface area contributed by atoms with Crippen LogP contribution in [0.5, 0.6) is 0 Å². The Labute approximate surface area is 83.9 Å². The van der Waals surface area contributed by atoms with E-state index in [9.17, 15) is 0 Å². The summed E-state index contributed by atoms with van der Waals surface area (Å²) in [4.78, 5) is 1.39. The minimum atomic E-state index is 0.356. The van der Waals surface area contributed by atoms with Gasteiger partial charge in [0.25, 0.3) is 0 Å². The van der Waals surface area contributed by atoms with Crippen molar-refractivity contribution in [3.05, 3.63) is 21.9 Å². The molecule has 0 aliphatic rings. The normalized spacial score (nSPS) is 13.2.